The molecule has 0 aliphatic heterocycles. The fraction of sp³-hybridized carbons (Fsp3) is 0.333. The summed E-state index contributed by atoms with van der Waals surface area (Å²) in [5.74, 6) is 0. The molecule has 1 aromatic heterocycles. The van der Waals surface area contributed by atoms with Gasteiger partial charge < -0.3 is 5.73 Å². The summed E-state index contributed by atoms with van der Waals surface area (Å²) in [6.07, 6.45) is 2.56. The van der Waals surface area contributed by atoms with E-state index in [-0.39, 0.29) is 6.04 Å². The predicted molar refractivity (Wildman–Crippen MR) is 67.8 cm³/mol. The minimum absolute atomic E-state index is 0.0797. The fourth-order valence-corrected chi connectivity index (χ4v) is 2.11. The Morgan fingerprint density at radius 3 is 2.82 bits per heavy atom. The van der Waals surface area contributed by atoms with Crippen LogP contribution in [0.2, 0.25) is 5.02 Å². The van der Waals surface area contributed by atoms with Gasteiger partial charge in [0.15, 0.2) is 0 Å². The van der Waals surface area contributed by atoms with E-state index in [1.165, 1.54) is 0 Å². The highest BCUT2D eigenvalue weighted by Gasteiger charge is 2.12. The van der Waals surface area contributed by atoms with Crippen molar-refractivity contribution in [3.05, 3.63) is 46.2 Å². The number of aromatic nitrogens is 3. The number of nitrogens with zero attached hydrogens (tertiary/aromatic N) is 3. The van der Waals surface area contributed by atoms with E-state index in [2.05, 4.69) is 10.3 Å². The molecule has 1 unspecified atom stereocenters. The number of hydrogen-bond donors (Lipinski definition) is 1. The molecule has 0 saturated heterocycles. The van der Waals surface area contributed by atoms with Crippen LogP contribution in [0.15, 0.2) is 24.4 Å². The van der Waals surface area contributed by atoms with Crippen LogP contribution in [0.4, 0.5) is 0 Å². The summed E-state index contributed by atoms with van der Waals surface area (Å²) in [5, 5.41) is 8.66. The molecule has 0 amide bonds. The van der Waals surface area contributed by atoms with Crippen molar-refractivity contribution >= 4 is 11.6 Å². The minimum atomic E-state index is -0.0797. The van der Waals surface area contributed by atoms with E-state index in [9.17, 15) is 0 Å². The van der Waals surface area contributed by atoms with E-state index in [0.717, 1.165) is 21.8 Å². The fourth-order valence-electron chi connectivity index (χ4n) is 1.88. The lowest BCUT2D eigenvalue weighted by molar-refractivity contribution is 0.691. The summed E-state index contributed by atoms with van der Waals surface area (Å²) >= 11 is 5.92. The molecule has 1 aromatic carbocycles. The quantitative estimate of drug-likeness (QED) is 0.907. The lowest BCUT2D eigenvalue weighted by atomic mass is 9.98. The molecular formula is C12H15ClN4. The summed E-state index contributed by atoms with van der Waals surface area (Å²) < 4.78 is 1.68. The Kier molecular flexibility index (Phi) is 3.45. The van der Waals surface area contributed by atoms with Gasteiger partial charge in [0.2, 0.25) is 0 Å². The van der Waals surface area contributed by atoms with Crippen molar-refractivity contribution in [1.29, 1.82) is 0 Å². The molecular weight excluding hydrogens is 236 g/mol. The van der Waals surface area contributed by atoms with Crippen LogP contribution in [0.5, 0.6) is 0 Å². The van der Waals surface area contributed by atoms with E-state index < -0.39 is 0 Å². The maximum Gasteiger partial charge on any atom is 0.0845 e. The van der Waals surface area contributed by atoms with Gasteiger partial charge in [-0.1, -0.05) is 22.9 Å². The van der Waals surface area contributed by atoms with Gasteiger partial charge in [-0.15, -0.1) is 5.10 Å². The smallest absolute Gasteiger partial charge is 0.0845 e. The summed E-state index contributed by atoms with van der Waals surface area (Å²) in [6.45, 7) is 2.01. The molecule has 90 valence electrons. The molecule has 1 atom stereocenters. The zero-order valence-corrected chi connectivity index (χ0v) is 10.6. The Hall–Kier alpha value is -1.39. The largest absolute Gasteiger partial charge is 0.324 e. The molecule has 2 aromatic rings. The maximum atomic E-state index is 6.17. The van der Waals surface area contributed by atoms with Crippen molar-refractivity contribution in [2.24, 2.45) is 12.8 Å². The second-order valence-corrected chi connectivity index (χ2v) is 4.63. The Labute approximate surface area is 105 Å². The van der Waals surface area contributed by atoms with Crippen LogP contribution in [0.1, 0.15) is 22.9 Å². The lowest BCUT2D eigenvalue weighted by Crippen LogP contribution is -2.14. The van der Waals surface area contributed by atoms with Crippen molar-refractivity contribution in [2.45, 2.75) is 19.4 Å². The van der Waals surface area contributed by atoms with Gasteiger partial charge in [-0.05, 0) is 30.2 Å². The van der Waals surface area contributed by atoms with Crippen LogP contribution in [-0.4, -0.2) is 15.0 Å². The predicted octanol–water partition coefficient (Wildman–Crippen LogP) is 2.02. The molecule has 0 radical (unpaired) electrons. The number of nitrogens with two attached hydrogens (primary N) is 1. The van der Waals surface area contributed by atoms with Crippen LogP contribution in [0.3, 0.4) is 0 Å². The number of hydrogen-bond acceptors (Lipinski definition) is 3. The third-order valence-corrected chi connectivity index (χ3v) is 2.95. The molecule has 17 heavy (non-hydrogen) atoms. The van der Waals surface area contributed by atoms with Gasteiger partial charge in [-0.3, -0.25) is 4.68 Å². The molecule has 0 saturated carbocycles. The number of rotatable bonds is 3. The molecule has 1 heterocycles. The third kappa shape index (κ3) is 2.84. The van der Waals surface area contributed by atoms with Gasteiger partial charge in [-0.2, -0.15) is 0 Å². The molecule has 0 aliphatic rings. The van der Waals surface area contributed by atoms with E-state index in [1.54, 1.807) is 4.68 Å². The van der Waals surface area contributed by atoms with Gasteiger partial charge in [0, 0.05) is 30.7 Å². The molecule has 0 fully saturated rings. The number of aryl methyl sites for hydroxylation is 2. The first-order valence-corrected chi connectivity index (χ1v) is 5.81. The average molecular weight is 251 g/mol. The highest BCUT2D eigenvalue weighted by atomic mass is 35.5. The van der Waals surface area contributed by atoms with Gasteiger partial charge in [0.1, 0.15) is 0 Å². The zero-order valence-electron chi connectivity index (χ0n) is 9.89. The lowest BCUT2D eigenvalue weighted by Gasteiger charge is -2.13. The van der Waals surface area contributed by atoms with E-state index in [4.69, 9.17) is 17.3 Å². The second kappa shape index (κ2) is 4.85. The minimum Gasteiger partial charge on any atom is -0.324 e. The standard InChI is InChI=1S/C12H15ClN4/c1-8-5-9(13)3-4-11(8)12(14)6-10-7-17(2)16-15-10/h3-5,7,12H,6,14H2,1-2H3. The van der Waals surface area contributed by atoms with Crippen LogP contribution in [-0.2, 0) is 13.5 Å². The summed E-state index contributed by atoms with van der Waals surface area (Å²) in [5.41, 5.74) is 9.27. The second-order valence-electron chi connectivity index (χ2n) is 4.20. The van der Waals surface area contributed by atoms with Crippen molar-refractivity contribution in [1.82, 2.24) is 15.0 Å². The highest BCUT2D eigenvalue weighted by molar-refractivity contribution is 6.30. The highest BCUT2D eigenvalue weighted by Crippen LogP contribution is 2.22. The van der Waals surface area contributed by atoms with Crippen LogP contribution in [0.25, 0.3) is 0 Å². The van der Waals surface area contributed by atoms with Crippen molar-refractivity contribution in [3.8, 4) is 0 Å². The third-order valence-electron chi connectivity index (χ3n) is 2.71. The van der Waals surface area contributed by atoms with Crippen molar-refractivity contribution < 1.29 is 0 Å². The Morgan fingerprint density at radius 1 is 1.47 bits per heavy atom. The topological polar surface area (TPSA) is 56.7 Å². The molecule has 4 nitrogen and oxygen atoms in total. The first kappa shape index (κ1) is 12.1. The Bertz CT molecular complexity index is 521. The van der Waals surface area contributed by atoms with Gasteiger partial charge >= 0.3 is 0 Å². The number of halogens is 1. The van der Waals surface area contributed by atoms with E-state index in [0.29, 0.717) is 6.42 Å². The molecule has 0 aliphatic carbocycles. The average Bonchev–Trinajstić information content (AvgIpc) is 2.63. The van der Waals surface area contributed by atoms with Crippen LogP contribution >= 0.6 is 11.6 Å². The summed E-state index contributed by atoms with van der Waals surface area (Å²) in [7, 11) is 1.84. The first-order valence-electron chi connectivity index (χ1n) is 5.43. The van der Waals surface area contributed by atoms with Crippen LogP contribution in [0, 0.1) is 6.92 Å². The van der Waals surface area contributed by atoms with Gasteiger partial charge in [0.05, 0.1) is 5.69 Å². The molecule has 5 heteroatoms. The van der Waals surface area contributed by atoms with E-state index in [1.807, 2.05) is 38.4 Å². The molecule has 2 N–H and O–H groups in total. The first-order chi connectivity index (χ1) is 8.06. The maximum absolute atomic E-state index is 6.17. The SMILES string of the molecule is Cc1cc(Cl)ccc1C(N)Cc1cn(C)nn1. The summed E-state index contributed by atoms with van der Waals surface area (Å²) in [6, 6.07) is 5.68. The normalized spacial score (nSPS) is 12.7. The zero-order chi connectivity index (χ0) is 12.4. The van der Waals surface area contributed by atoms with Gasteiger partial charge in [0.25, 0.3) is 0 Å². The Morgan fingerprint density at radius 2 is 2.24 bits per heavy atom. The monoisotopic (exact) mass is 250 g/mol. The summed E-state index contributed by atoms with van der Waals surface area (Å²) in [4.78, 5) is 0. The van der Waals surface area contributed by atoms with Gasteiger partial charge in [-0.25, -0.2) is 0 Å². The van der Waals surface area contributed by atoms with Crippen molar-refractivity contribution in [2.75, 3.05) is 0 Å². The number of benzene rings is 1. The molecule has 0 spiro atoms. The van der Waals surface area contributed by atoms with E-state index >= 15 is 0 Å². The molecule has 2 rings (SSSR count). The Balaban J connectivity index is 2.17. The van der Waals surface area contributed by atoms with Crippen LogP contribution < -0.4 is 5.73 Å². The van der Waals surface area contributed by atoms with Crippen molar-refractivity contribution in [3.63, 3.8) is 0 Å². The molecule has 0 bridgehead atoms.